The summed E-state index contributed by atoms with van der Waals surface area (Å²) in [6.07, 6.45) is 3.09. The molecule has 0 saturated heterocycles. The van der Waals surface area contributed by atoms with Gasteiger partial charge in [-0.1, -0.05) is 17.8 Å². The average molecular weight is 416 g/mol. The topological polar surface area (TPSA) is 73.2 Å². The van der Waals surface area contributed by atoms with Crippen LogP contribution in [-0.2, 0) is 24.7 Å². The van der Waals surface area contributed by atoms with Crippen molar-refractivity contribution in [3.8, 4) is 5.75 Å². The first-order valence-corrected chi connectivity index (χ1v) is 10.8. The van der Waals surface area contributed by atoms with E-state index in [0.717, 1.165) is 29.5 Å². The molecule has 1 atom stereocenters. The Hall–Kier alpha value is -2.32. The minimum atomic E-state index is -0.409. The second-order valence-corrected chi connectivity index (χ2v) is 9.17. The normalized spacial score (nSPS) is 14.1. The van der Waals surface area contributed by atoms with Gasteiger partial charge in [0.1, 0.15) is 10.6 Å². The largest absolute Gasteiger partial charge is 0.497 e. The van der Waals surface area contributed by atoms with Gasteiger partial charge in [0.2, 0.25) is 5.91 Å². The summed E-state index contributed by atoms with van der Waals surface area (Å²) in [7, 11) is 3.31. The monoisotopic (exact) mass is 415 g/mol. The van der Waals surface area contributed by atoms with Gasteiger partial charge in [-0.05, 0) is 43.9 Å². The van der Waals surface area contributed by atoms with Crippen molar-refractivity contribution in [2.45, 2.75) is 36.6 Å². The number of nitrogens with one attached hydrogen (secondary N) is 1. The summed E-state index contributed by atoms with van der Waals surface area (Å²) in [4.78, 5) is 32.3. The molecule has 2 heterocycles. The predicted molar refractivity (Wildman–Crippen MR) is 114 cm³/mol. The molecule has 8 heteroatoms. The number of hydrogen-bond donors (Lipinski definition) is 1. The highest BCUT2D eigenvalue weighted by atomic mass is 32.2. The van der Waals surface area contributed by atoms with E-state index in [0.29, 0.717) is 16.6 Å². The molecule has 1 aliphatic rings. The fourth-order valence-electron chi connectivity index (χ4n) is 3.37. The molecule has 1 aliphatic carbocycles. The second kappa shape index (κ2) is 7.60. The van der Waals surface area contributed by atoms with Gasteiger partial charge < -0.3 is 10.1 Å². The van der Waals surface area contributed by atoms with E-state index in [1.165, 1.54) is 22.2 Å². The molecule has 0 spiro atoms. The number of thioether (sulfide) groups is 1. The highest BCUT2D eigenvalue weighted by Gasteiger charge is 2.24. The van der Waals surface area contributed by atoms with E-state index in [4.69, 9.17) is 9.72 Å². The van der Waals surface area contributed by atoms with Crippen molar-refractivity contribution in [2.75, 3.05) is 12.4 Å². The van der Waals surface area contributed by atoms with E-state index in [1.807, 2.05) is 25.1 Å². The fraction of sp³-hybridized carbons (Fsp3) is 0.350. The molecule has 1 N–H and O–H groups in total. The summed E-state index contributed by atoms with van der Waals surface area (Å²) in [6, 6.07) is 7.22. The molecule has 6 nitrogen and oxygen atoms in total. The standard InChI is InChI=1S/C20H21N3O3S2/c1-11(17(24)21-12-6-4-7-13(10-12)26-3)27-20-22-18-16(19(25)23(20)2)14-8-5-9-15(14)28-18/h4,6-7,10-11H,5,8-9H2,1-3H3,(H,21,24)/t11-/m0/s1. The lowest BCUT2D eigenvalue weighted by Gasteiger charge is -2.14. The molecule has 1 aromatic carbocycles. The first kappa shape index (κ1) is 19.0. The summed E-state index contributed by atoms with van der Waals surface area (Å²) in [5.41, 5.74) is 1.82. The van der Waals surface area contributed by atoms with Gasteiger partial charge in [-0.2, -0.15) is 0 Å². The quantitative estimate of drug-likeness (QED) is 0.509. The van der Waals surface area contributed by atoms with E-state index in [2.05, 4.69) is 5.32 Å². The number of hydrogen-bond acceptors (Lipinski definition) is 6. The van der Waals surface area contributed by atoms with Crippen molar-refractivity contribution in [2.24, 2.45) is 7.05 Å². The molecule has 0 radical (unpaired) electrons. The lowest BCUT2D eigenvalue weighted by molar-refractivity contribution is -0.115. The Kier molecular flexibility index (Phi) is 5.16. The molecule has 4 rings (SSSR count). The number of aromatic nitrogens is 2. The van der Waals surface area contributed by atoms with Gasteiger partial charge in [0.15, 0.2) is 5.16 Å². The predicted octanol–water partition coefficient (Wildman–Crippen LogP) is 3.61. The van der Waals surface area contributed by atoms with Gasteiger partial charge in [-0.15, -0.1) is 11.3 Å². The Bertz CT molecular complexity index is 1120. The van der Waals surface area contributed by atoms with Crippen molar-refractivity contribution < 1.29 is 9.53 Å². The van der Waals surface area contributed by atoms with E-state index in [-0.39, 0.29) is 11.5 Å². The summed E-state index contributed by atoms with van der Waals surface area (Å²) in [5.74, 6) is 0.527. The van der Waals surface area contributed by atoms with Crippen LogP contribution in [0.5, 0.6) is 5.75 Å². The number of thiophene rings is 1. The van der Waals surface area contributed by atoms with Crippen LogP contribution in [0.1, 0.15) is 23.8 Å². The molecule has 0 aliphatic heterocycles. The number of rotatable bonds is 5. The van der Waals surface area contributed by atoms with Crippen molar-refractivity contribution in [1.29, 1.82) is 0 Å². The summed E-state index contributed by atoms with van der Waals surface area (Å²) < 4.78 is 6.75. The number of amides is 1. The molecule has 3 aromatic rings. The maximum Gasteiger partial charge on any atom is 0.262 e. The minimum absolute atomic E-state index is 0.0210. The van der Waals surface area contributed by atoms with Crippen molar-refractivity contribution in [3.63, 3.8) is 0 Å². The van der Waals surface area contributed by atoms with E-state index < -0.39 is 5.25 Å². The van der Waals surface area contributed by atoms with Crippen LogP contribution in [0.3, 0.4) is 0 Å². The molecule has 0 fully saturated rings. The molecule has 28 heavy (non-hydrogen) atoms. The molecule has 2 aromatic heterocycles. The van der Waals surface area contributed by atoms with Crippen molar-refractivity contribution in [3.05, 3.63) is 45.1 Å². The zero-order valence-corrected chi connectivity index (χ0v) is 17.6. The molecule has 0 saturated carbocycles. The molecule has 0 unspecified atom stereocenters. The first-order chi connectivity index (χ1) is 13.5. The van der Waals surface area contributed by atoms with Crippen LogP contribution in [0, 0.1) is 0 Å². The number of anilines is 1. The Morgan fingerprint density at radius 2 is 2.21 bits per heavy atom. The Balaban J connectivity index is 1.56. The summed E-state index contributed by atoms with van der Waals surface area (Å²) in [5, 5.41) is 3.80. The summed E-state index contributed by atoms with van der Waals surface area (Å²) >= 11 is 2.91. The smallest absolute Gasteiger partial charge is 0.262 e. The van der Waals surface area contributed by atoms with E-state index in [9.17, 15) is 9.59 Å². The third-order valence-corrected chi connectivity index (χ3v) is 7.22. The first-order valence-electron chi connectivity index (χ1n) is 9.10. The van der Waals surface area contributed by atoms with Crippen LogP contribution in [0.25, 0.3) is 10.2 Å². The third-order valence-electron chi connectivity index (χ3n) is 4.89. The fourth-order valence-corrected chi connectivity index (χ4v) is 5.54. The van der Waals surface area contributed by atoms with Crippen LogP contribution in [0.4, 0.5) is 5.69 Å². The maximum atomic E-state index is 12.9. The van der Waals surface area contributed by atoms with E-state index >= 15 is 0 Å². The maximum absolute atomic E-state index is 12.9. The number of aryl methyl sites for hydroxylation is 2. The highest BCUT2D eigenvalue weighted by Crippen LogP contribution is 2.35. The molecular formula is C20H21N3O3S2. The van der Waals surface area contributed by atoms with Gasteiger partial charge in [-0.25, -0.2) is 4.98 Å². The van der Waals surface area contributed by atoms with Gasteiger partial charge in [0, 0.05) is 23.7 Å². The molecular weight excluding hydrogens is 394 g/mol. The minimum Gasteiger partial charge on any atom is -0.497 e. The Morgan fingerprint density at radius 1 is 1.39 bits per heavy atom. The SMILES string of the molecule is COc1cccc(NC(=O)[C@H](C)Sc2nc3sc4c(c3c(=O)n2C)CCC4)c1. The number of nitrogens with zero attached hydrogens (tertiary/aromatic N) is 2. The zero-order chi connectivity index (χ0) is 19.8. The molecule has 0 bridgehead atoms. The van der Waals surface area contributed by atoms with Gasteiger partial charge >= 0.3 is 0 Å². The van der Waals surface area contributed by atoms with E-state index in [1.54, 1.807) is 36.1 Å². The number of methoxy groups -OCH3 is 1. The average Bonchev–Trinajstić information content (AvgIpc) is 3.26. The third kappa shape index (κ3) is 3.42. The van der Waals surface area contributed by atoms with Crippen LogP contribution in [0.15, 0.2) is 34.2 Å². The van der Waals surface area contributed by atoms with Crippen LogP contribution < -0.4 is 15.6 Å². The molecule has 1 amide bonds. The Labute approximate surface area is 170 Å². The Morgan fingerprint density at radius 3 is 3.00 bits per heavy atom. The van der Waals surface area contributed by atoms with Crippen molar-refractivity contribution >= 4 is 44.9 Å². The number of fused-ring (bicyclic) bond motifs is 3. The van der Waals surface area contributed by atoms with Crippen molar-refractivity contribution in [1.82, 2.24) is 9.55 Å². The zero-order valence-electron chi connectivity index (χ0n) is 15.9. The lowest BCUT2D eigenvalue weighted by Crippen LogP contribution is -2.25. The number of carbonyl (C=O) groups is 1. The summed E-state index contributed by atoms with van der Waals surface area (Å²) in [6.45, 7) is 1.81. The second-order valence-electron chi connectivity index (χ2n) is 6.78. The highest BCUT2D eigenvalue weighted by molar-refractivity contribution is 8.00. The van der Waals surface area contributed by atoms with Gasteiger partial charge in [-0.3, -0.25) is 14.2 Å². The van der Waals surface area contributed by atoms with Gasteiger partial charge in [0.05, 0.1) is 17.7 Å². The van der Waals surface area contributed by atoms with Crippen LogP contribution in [-0.4, -0.2) is 27.8 Å². The van der Waals surface area contributed by atoms with Crippen LogP contribution >= 0.6 is 23.1 Å². The number of ether oxygens (including phenoxy) is 1. The van der Waals surface area contributed by atoms with Gasteiger partial charge in [0.25, 0.3) is 5.56 Å². The number of carbonyl (C=O) groups excluding carboxylic acids is 1. The lowest BCUT2D eigenvalue weighted by atomic mass is 10.2. The number of benzene rings is 1. The van der Waals surface area contributed by atoms with Crippen LogP contribution in [0.2, 0.25) is 0 Å². The molecule has 146 valence electrons.